The second-order valence-electron chi connectivity index (χ2n) is 5.12. The van der Waals surface area contributed by atoms with Crippen LogP contribution in [0.1, 0.15) is 28.9 Å². The number of ether oxygens (including phenoxy) is 2. The minimum Gasteiger partial charge on any atom is -0.496 e. The zero-order chi connectivity index (χ0) is 17.5. The third-order valence-electron chi connectivity index (χ3n) is 3.39. The fourth-order valence-corrected chi connectivity index (χ4v) is 2.33. The van der Waals surface area contributed by atoms with Crippen LogP contribution in [0.5, 0.6) is 5.75 Å². The van der Waals surface area contributed by atoms with Crippen LogP contribution in [0.4, 0.5) is 0 Å². The Morgan fingerprint density at radius 1 is 1.17 bits per heavy atom. The van der Waals surface area contributed by atoms with Gasteiger partial charge in [0.1, 0.15) is 11.3 Å². The van der Waals surface area contributed by atoms with E-state index in [4.69, 9.17) is 21.1 Å². The standard InChI is InChI=1S/C18H18ClNO4/c1-12(13-6-4-3-5-7-13)20-17(21)11-24-18(22)15-10-14(19)8-9-16(15)23-2/h3-10,12H,11H2,1-2H3,(H,20,21). The molecule has 1 N–H and O–H groups in total. The van der Waals surface area contributed by atoms with Gasteiger partial charge in [0.05, 0.1) is 13.2 Å². The molecule has 0 bridgehead atoms. The average Bonchev–Trinajstić information content (AvgIpc) is 2.60. The number of benzene rings is 2. The fraction of sp³-hybridized carbons (Fsp3) is 0.222. The Labute approximate surface area is 145 Å². The van der Waals surface area contributed by atoms with Crippen molar-refractivity contribution in [3.8, 4) is 5.75 Å². The normalized spacial score (nSPS) is 11.5. The monoisotopic (exact) mass is 347 g/mol. The molecular formula is C18H18ClNO4. The highest BCUT2D eigenvalue weighted by Crippen LogP contribution is 2.23. The Morgan fingerprint density at radius 2 is 1.88 bits per heavy atom. The molecule has 6 heteroatoms. The van der Waals surface area contributed by atoms with Crippen molar-refractivity contribution >= 4 is 23.5 Å². The molecule has 0 fully saturated rings. The maximum Gasteiger partial charge on any atom is 0.342 e. The summed E-state index contributed by atoms with van der Waals surface area (Å²) >= 11 is 5.87. The number of nitrogens with one attached hydrogen (secondary N) is 1. The van der Waals surface area contributed by atoms with Crippen molar-refractivity contribution in [3.63, 3.8) is 0 Å². The number of halogens is 1. The number of methoxy groups -OCH3 is 1. The van der Waals surface area contributed by atoms with Gasteiger partial charge >= 0.3 is 5.97 Å². The zero-order valence-corrected chi connectivity index (χ0v) is 14.2. The summed E-state index contributed by atoms with van der Waals surface area (Å²) < 4.78 is 10.1. The number of hydrogen-bond donors (Lipinski definition) is 1. The predicted octanol–water partition coefficient (Wildman–Crippen LogP) is 3.38. The summed E-state index contributed by atoms with van der Waals surface area (Å²) in [5, 5.41) is 3.15. The molecular weight excluding hydrogens is 330 g/mol. The van der Waals surface area contributed by atoms with Gasteiger partial charge < -0.3 is 14.8 Å². The van der Waals surface area contributed by atoms with E-state index in [0.29, 0.717) is 10.8 Å². The maximum absolute atomic E-state index is 12.1. The van der Waals surface area contributed by atoms with Crippen LogP contribution in [0, 0.1) is 0 Å². The van der Waals surface area contributed by atoms with Crippen molar-refractivity contribution in [3.05, 3.63) is 64.7 Å². The predicted molar refractivity (Wildman–Crippen MR) is 91.3 cm³/mol. The first-order chi connectivity index (χ1) is 11.5. The van der Waals surface area contributed by atoms with E-state index in [1.165, 1.54) is 13.2 Å². The zero-order valence-electron chi connectivity index (χ0n) is 13.4. The molecule has 1 amide bonds. The van der Waals surface area contributed by atoms with Crippen LogP contribution < -0.4 is 10.1 Å². The molecule has 2 rings (SSSR count). The number of esters is 1. The molecule has 24 heavy (non-hydrogen) atoms. The Balaban J connectivity index is 1.92. The quantitative estimate of drug-likeness (QED) is 0.813. The van der Waals surface area contributed by atoms with Gasteiger partial charge in [-0.15, -0.1) is 0 Å². The van der Waals surface area contributed by atoms with Crippen molar-refractivity contribution < 1.29 is 19.1 Å². The van der Waals surface area contributed by atoms with Crippen molar-refractivity contribution in [2.24, 2.45) is 0 Å². The summed E-state index contributed by atoms with van der Waals surface area (Å²) in [7, 11) is 1.44. The van der Waals surface area contributed by atoms with Crippen molar-refractivity contribution in [1.29, 1.82) is 0 Å². The van der Waals surface area contributed by atoms with Crippen molar-refractivity contribution in [1.82, 2.24) is 5.32 Å². The number of carbonyl (C=O) groups is 2. The minimum absolute atomic E-state index is 0.175. The lowest BCUT2D eigenvalue weighted by atomic mass is 10.1. The van der Waals surface area contributed by atoms with E-state index >= 15 is 0 Å². The van der Waals surface area contributed by atoms with Crippen LogP contribution in [-0.2, 0) is 9.53 Å². The molecule has 0 heterocycles. The van der Waals surface area contributed by atoms with Crippen LogP contribution in [0.3, 0.4) is 0 Å². The second-order valence-corrected chi connectivity index (χ2v) is 5.56. The smallest absolute Gasteiger partial charge is 0.342 e. The fourth-order valence-electron chi connectivity index (χ4n) is 2.16. The Hall–Kier alpha value is -2.53. The topological polar surface area (TPSA) is 64.6 Å². The van der Waals surface area contributed by atoms with Crippen LogP contribution >= 0.6 is 11.6 Å². The first kappa shape index (κ1) is 17.8. The molecule has 0 spiro atoms. The lowest BCUT2D eigenvalue weighted by Crippen LogP contribution is -2.31. The van der Waals surface area contributed by atoms with Crippen LogP contribution in [0.2, 0.25) is 5.02 Å². The van der Waals surface area contributed by atoms with Gasteiger partial charge in [0.2, 0.25) is 0 Å². The van der Waals surface area contributed by atoms with E-state index in [2.05, 4.69) is 5.32 Å². The van der Waals surface area contributed by atoms with E-state index < -0.39 is 5.97 Å². The third kappa shape index (κ3) is 4.73. The molecule has 0 aliphatic heterocycles. The minimum atomic E-state index is -0.670. The van der Waals surface area contributed by atoms with Gasteiger partial charge in [-0.1, -0.05) is 41.9 Å². The molecule has 2 aromatic carbocycles. The molecule has 0 saturated heterocycles. The van der Waals surface area contributed by atoms with Gasteiger partial charge in [-0.3, -0.25) is 4.79 Å². The highest BCUT2D eigenvalue weighted by Gasteiger charge is 2.17. The van der Waals surface area contributed by atoms with Gasteiger partial charge in [-0.05, 0) is 30.7 Å². The number of carbonyl (C=O) groups excluding carboxylic acids is 2. The Bertz CT molecular complexity index is 718. The Morgan fingerprint density at radius 3 is 2.54 bits per heavy atom. The molecule has 0 aliphatic carbocycles. The molecule has 0 radical (unpaired) electrons. The molecule has 0 aromatic heterocycles. The Kier molecular flexibility index (Phi) is 6.21. The summed E-state index contributed by atoms with van der Waals surface area (Å²) in [6, 6.07) is 13.9. The summed E-state index contributed by atoms with van der Waals surface area (Å²) in [6.45, 7) is 1.47. The second kappa shape index (κ2) is 8.36. The van der Waals surface area contributed by atoms with E-state index in [9.17, 15) is 9.59 Å². The highest BCUT2D eigenvalue weighted by atomic mass is 35.5. The average molecular weight is 348 g/mol. The summed E-state index contributed by atoms with van der Waals surface area (Å²) in [6.07, 6.45) is 0. The third-order valence-corrected chi connectivity index (χ3v) is 3.63. The number of rotatable bonds is 6. The largest absolute Gasteiger partial charge is 0.496 e. The lowest BCUT2D eigenvalue weighted by molar-refractivity contribution is -0.124. The highest BCUT2D eigenvalue weighted by molar-refractivity contribution is 6.31. The van der Waals surface area contributed by atoms with Gasteiger partial charge in [0.25, 0.3) is 5.91 Å². The van der Waals surface area contributed by atoms with Crippen LogP contribution in [0.15, 0.2) is 48.5 Å². The summed E-state index contributed by atoms with van der Waals surface area (Å²) in [4.78, 5) is 24.0. The lowest BCUT2D eigenvalue weighted by Gasteiger charge is -2.14. The van der Waals surface area contributed by atoms with Crippen molar-refractivity contribution in [2.75, 3.05) is 13.7 Å². The molecule has 0 aliphatic rings. The molecule has 5 nitrogen and oxygen atoms in total. The van der Waals surface area contributed by atoms with E-state index in [-0.39, 0.29) is 24.1 Å². The van der Waals surface area contributed by atoms with Gasteiger partial charge in [0.15, 0.2) is 6.61 Å². The van der Waals surface area contributed by atoms with Gasteiger partial charge in [-0.2, -0.15) is 0 Å². The van der Waals surface area contributed by atoms with Crippen LogP contribution in [-0.4, -0.2) is 25.6 Å². The van der Waals surface area contributed by atoms with E-state index in [1.807, 2.05) is 37.3 Å². The summed E-state index contributed by atoms with van der Waals surface area (Å²) in [5.41, 5.74) is 1.14. The number of hydrogen-bond acceptors (Lipinski definition) is 4. The van der Waals surface area contributed by atoms with Gasteiger partial charge in [-0.25, -0.2) is 4.79 Å². The van der Waals surface area contributed by atoms with Crippen LogP contribution in [0.25, 0.3) is 0 Å². The molecule has 126 valence electrons. The molecule has 1 atom stereocenters. The van der Waals surface area contributed by atoms with E-state index in [0.717, 1.165) is 5.56 Å². The first-order valence-electron chi connectivity index (χ1n) is 7.36. The van der Waals surface area contributed by atoms with E-state index in [1.54, 1.807) is 12.1 Å². The number of amides is 1. The first-order valence-corrected chi connectivity index (χ1v) is 7.74. The molecule has 0 saturated carbocycles. The summed E-state index contributed by atoms with van der Waals surface area (Å²) in [5.74, 6) is -0.722. The molecule has 1 unspecified atom stereocenters. The maximum atomic E-state index is 12.1. The molecule has 2 aromatic rings. The van der Waals surface area contributed by atoms with Gasteiger partial charge in [0, 0.05) is 5.02 Å². The SMILES string of the molecule is COc1ccc(Cl)cc1C(=O)OCC(=O)NC(C)c1ccccc1. The van der Waals surface area contributed by atoms with Crippen molar-refractivity contribution in [2.45, 2.75) is 13.0 Å².